The standard InChI is InChI=1S/C16H28N6O7S/c1-30-5-4-8(17)14(26)22-10(6-12(19)24)15(27)20-7-13(25)21-9(16(28)29)2-3-11(18)23/h8-10H,2-7,17H2,1H3,(H2,18,23)(H2,19,24)(H,20,27)(H,21,25)(H,22,26)(H,28,29). The maximum Gasteiger partial charge on any atom is 0.326 e. The average molecular weight is 449 g/mol. The molecule has 14 heteroatoms. The lowest BCUT2D eigenvalue weighted by molar-refractivity contribution is -0.142. The fourth-order valence-electron chi connectivity index (χ4n) is 2.15. The summed E-state index contributed by atoms with van der Waals surface area (Å²) in [7, 11) is 0. The molecule has 0 heterocycles. The van der Waals surface area contributed by atoms with E-state index in [-0.39, 0.29) is 12.8 Å². The van der Waals surface area contributed by atoms with Crippen LogP contribution in [0.15, 0.2) is 0 Å². The molecule has 170 valence electrons. The Balaban J connectivity index is 4.81. The highest BCUT2D eigenvalue weighted by Crippen LogP contribution is 2.01. The molecular weight excluding hydrogens is 420 g/mol. The zero-order chi connectivity index (χ0) is 23.3. The second kappa shape index (κ2) is 14.2. The summed E-state index contributed by atoms with van der Waals surface area (Å²) in [5.74, 6) is -4.76. The maximum absolute atomic E-state index is 12.3. The summed E-state index contributed by atoms with van der Waals surface area (Å²) in [5, 5.41) is 15.7. The summed E-state index contributed by atoms with van der Waals surface area (Å²) in [5.41, 5.74) is 15.7. The lowest BCUT2D eigenvalue weighted by Crippen LogP contribution is -2.54. The molecular formula is C16H28N6O7S. The minimum atomic E-state index is -1.38. The number of rotatable bonds is 15. The first-order valence-corrected chi connectivity index (χ1v) is 10.3. The Kier molecular flexibility index (Phi) is 12.8. The van der Waals surface area contributed by atoms with Crippen LogP contribution < -0.4 is 33.2 Å². The van der Waals surface area contributed by atoms with E-state index in [2.05, 4.69) is 16.0 Å². The van der Waals surface area contributed by atoms with Crippen LogP contribution in [0.4, 0.5) is 0 Å². The number of carbonyl (C=O) groups is 6. The molecule has 10 N–H and O–H groups in total. The molecule has 0 spiro atoms. The number of thioether (sulfide) groups is 1. The molecule has 0 radical (unpaired) electrons. The van der Waals surface area contributed by atoms with Gasteiger partial charge in [0.1, 0.15) is 12.1 Å². The molecule has 13 nitrogen and oxygen atoms in total. The van der Waals surface area contributed by atoms with Crippen molar-refractivity contribution < 1.29 is 33.9 Å². The van der Waals surface area contributed by atoms with Gasteiger partial charge in [-0.25, -0.2) is 4.79 Å². The van der Waals surface area contributed by atoms with Crippen LogP contribution in [-0.4, -0.2) is 77.3 Å². The zero-order valence-corrected chi connectivity index (χ0v) is 17.3. The summed E-state index contributed by atoms with van der Waals surface area (Å²) in [4.78, 5) is 69.3. The first kappa shape index (κ1) is 27.1. The van der Waals surface area contributed by atoms with Crippen LogP contribution >= 0.6 is 11.8 Å². The summed E-state index contributed by atoms with van der Waals surface area (Å²) in [6, 6.07) is -3.63. The van der Waals surface area contributed by atoms with Crippen LogP contribution in [0.3, 0.4) is 0 Å². The number of amides is 5. The number of carbonyl (C=O) groups excluding carboxylic acids is 5. The molecule has 0 fully saturated rings. The number of primary amides is 2. The van der Waals surface area contributed by atoms with Crippen molar-refractivity contribution in [1.82, 2.24) is 16.0 Å². The molecule has 0 rings (SSSR count). The molecule has 0 aromatic carbocycles. The Labute approximate surface area is 177 Å². The Morgan fingerprint density at radius 2 is 1.57 bits per heavy atom. The quantitative estimate of drug-likeness (QED) is 0.131. The van der Waals surface area contributed by atoms with Crippen LogP contribution in [0.2, 0.25) is 0 Å². The van der Waals surface area contributed by atoms with E-state index in [9.17, 15) is 28.8 Å². The van der Waals surface area contributed by atoms with Crippen molar-refractivity contribution >= 4 is 47.3 Å². The highest BCUT2D eigenvalue weighted by molar-refractivity contribution is 7.98. The van der Waals surface area contributed by atoms with Gasteiger partial charge in [-0.3, -0.25) is 24.0 Å². The van der Waals surface area contributed by atoms with Gasteiger partial charge in [0, 0.05) is 6.42 Å². The predicted molar refractivity (Wildman–Crippen MR) is 108 cm³/mol. The normalized spacial score (nSPS) is 13.4. The van der Waals surface area contributed by atoms with E-state index in [0.717, 1.165) is 0 Å². The molecule has 0 aromatic heterocycles. The summed E-state index contributed by atoms with van der Waals surface area (Å²) in [6.07, 6.45) is 1.18. The molecule has 0 saturated heterocycles. The van der Waals surface area contributed by atoms with Crippen molar-refractivity contribution in [3.8, 4) is 0 Å². The first-order valence-electron chi connectivity index (χ1n) is 8.89. The van der Waals surface area contributed by atoms with Crippen molar-refractivity contribution in [3.63, 3.8) is 0 Å². The lowest BCUT2D eigenvalue weighted by atomic mass is 10.1. The van der Waals surface area contributed by atoms with Crippen molar-refractivity contribution in [3.05, 3.63) is 0 Å². The second-order valence-corrected chi connectivity index (χ2v) is 7.29. The minimum absolute atomic E-state index is 0.224. The molecule has 0 aliphatic carbocycles. The third-order valence-electron chi connectivity index (χ3n) is 3.74. The minimum Gasteiger partial charge on any atom is -0.480 e. The molecule has 0 aromatic rings. The van der Waals surface area contributed by atoms with Crippen LogP contribution in [0, 0.1) is 0 Å². The number of hydrogen-bond acceptors (Lipinski definition) is 8. The SMILES string of the molecule is CSCCC(N)C(=O)NC(CC(N)=O)C(=O)NCC(=O)NC(CCC(N)=O)C(=O)O. The number of carboxylic acids is 1. The van der Waals surface area contributed by atoms with Crippen molar-refractivity contribution in [2.24, 2.45) is 17.2 Å². The maximum atomic E-state index is 12.3. The van der Waals surface area contributed by atoms with Crippen molar-refractivity contribution in [1.29, 1.82) is 0 Å². The van der Waals surface area contributed by atoms with E-state index in [0.29, 0.717) is 12.2 Å². The Morgan fingerprint density at radius 1 is 0.933 bits per heavy atom. The monoisotopic (exact) mass is 448 g/mol. The van der Waals surface area contributed by atoms with Crippen LogP contribution in [0.25, 0.3) is 0 Å². The molecule has 30 heavy (non-hydrogen) atoms. The van der Waals surface area contributed by atoms with E-state index >= 15 is 0 Å². The number of nitrogens with one attached hydrogen (secondary N) is 3. The van der Waals surface area contributed by atoms with Gasteiger partial charge in [-0.05, 0) is 24.9 Å². The fourth-order valence-corrected chi connectivity index (χ4v) is 2.63. The molecule has 0 saturated carbocycles. The first-order chi connectivity index (χ1) is 14.0. The van der Waals surface area contributed by atoms with E-state index in [1.54, 1.807) is 0 Å². The Hall–Kier alpha value is -2.87. The van der Waals surface area contributed by atoms with E-state index in [1.807, 2.05) is 6.26 Å². The van der Waals surface area contributed by atoms with E-state index in [1.165, 1.54) is 11.8 Å². The molecule has 0 aliphatic heterocycles. The van der Waals surface area contributed by atoms with Gasteiger partial charge in [-0.2, -0.15) is 11.8 Å². The smallest absolute Gasteiger partial charge is 0.326 e. The highest BCUT2D eigenvalue weighted by Gasteiger charge is 2.26. The fraction of sp³-hybridized carbons (Fsp3) is 0.625. The van der Waals surface area contributed by atoms with Crippen molar-refractivity contribution in [2.45, 2.75) is 43.8 Å². The van der Waals surface area contributed by atoms with Gasteiger partial charge in [-0.15, -0.1) is 0 Å². The topological polar surface area (TPSA) is 237 Å². The van der Waals surface area contributed by atoms with Gasteiger partial charge in [0.05, 0.1) is 19.0 Å². The molecule has 0 bridgehead atoms. The van der Waals surface area contributed by atoms with Crippen molar-refractivity contribution in [2.75, 3.05) is 18.6 Å². The number of aliphatic carboxylic acids is 1. The predicted octanol–water partition coefficient (Wildman–Crippen LogP) is -3.62. The molecule has 0 aliphatic rings. The number of nitrogens with two attached hydrogens (primary N) is 3. The number of carboxylic acid groups (broad SMARTS) is 1. The Bertz CT molecular complexity index is 660. The van der Waals surface area contributed by atoms with Gasteiger partial charge in [-0.1, -0.05) is 0 Å². The van der Waals surface area contributed by atoms with Crippen LogP contribution in [0.1, 0.15) is 25.7 Å². The van der Waals surface area contributed by atoms with Gasteiger partial charge in [0.2, 0.25) is 29.5 Å². The van der Waals surface area contributed by atoms with Gasteiger partial charge in [0.25, 0.3) is 0 Å². The number of hydrogen-bond donors (Lipinski definition) is 7. The molecule has 3 atom stereocenters. The molecule has 3 unspecified atom stereocenters. The molecule has 5 amide bonds. The summed E-state index contributed by atoms with van der Waals surface area (Å²) in [6.45, 7) is -0.636. The lowest BCUT2D eigenvalue weighted by Gasteiger charge is -2.20. The highest BCUT2D eigenvalue weighted by atomic mass is 32.2. The third-order valence-corrected chi connectivity index (χ3v) is 4.39. The van der Waals surface area contributed by atoms with E-state index < -0.39 is 66.6 Å². The largest absolute Gasteiger partial charge is 0.480 e. The van der Waals surface area contributed by atoms with E-state index in [4.69, 9.17) is 22.3 Å². The second-order valence-electron chi connectivity index (χ2n) is 6.30. The Morgan fingerprint density at radius 3 is 2.07 bits per heavy atom. The van der Waals surface area contributed by atoms with Gasteiger partial charge in [0.15, 0.2) is 0 Å². The van der Waals surface area contributed by atoms with Crippen LogP contribution in [0.5, 0.6) is 0 Å². The van der Waals surface area contributed by atoms with Gasteiger partial charge < -0.3 is 38.3 Å². The average Bonchev–Trinajstić information content (AvgIpc) is 2.65. The summed E-state index contributed by atoms with van der Waals surface area (Å²) >= 11 is 1.48. The zero-order valence-electron chi connectivity index (χ0n) is 16.5. The van der Waals surface area contributed by atoms with Gasteiger partial charge >= 0.3 is 5.97 Å². The third kappa shape index (κ3) is 11.9. The van der Waals surface area contributed by atoms with Crippen LogP contribution in [-0.2, 0) is 28.8 Å². The summed E-state index contributed by atoms with van der Waals surface area (Å²) < 4.78 is 0.